The Balaban J connectivity index is 1.57. The highest BCUT2D eigenvalue weighted by Gasteiger charge is 2.13. The quantitative estimate of drug-likeness (QED) is 0.814. The first kappa shape index (κ1) is 16.0. The molecule has 0 aliphatic carbocycles. The molecule has 0 radical (unpaired) electrons. The predicted molar refractivity (Wildman–Crippen MR) is 89.6 cm³/mol. The lowest BCUT2D eigenvalue weighted by molar-refractivity contribution is -0.126. The number of carbonyl (C=O) groups excluding carboxylic acids is 2. The van der Waals surface area contributed by atoms with E-state index < -0.39 is 6.09 Å². The number of hydrogen-bond donors (Lipinski definition) is 0. The first-order valence-corrected chi connectivity index (χ1v) is 7.99. The zero-order valence-corrected chi connectivity index (χ0v) is 13.3. The number of imidazole rings is 1. The van der Waals surface area contributed by atoms with E-state index in [1.807, 2.05) is 4.90 Å². The van der Waals surface area contributed by atoms with Crippen molar-refractivity contribution >= 4 is 18.1 Å². The molecule has 3 rings (SSSR count). The lowest BCUT2D eigenvalue weighted by Gasteiger charge is -2.25. The lowest BCUT2D eigenvalue weighted by Crippen LogP contribution is -2.34. The second-order valence-corrected chi connectivity index (χ2v) is 5.63. The summed E-state index contributed by atoms with van der Waals surface area (Å²) in [5, 5.41) is 0. The fourth-order valence-corrected chi connectivity index (χ4v) is 2.55. The molecular formula is C18H19N3O3. The van der Waals surface area contributed by atoms with E-state index in [1.165, 1.54) is 29.7 Å². The molecule has 2 heterocycles. The summed E-state index contributed by atoms with van der Waals surface area (Å²) in [4.78, 5) is 29.5. The summed E-state index contributed by atoms with van der Waals surface area (Å²) in [6.45, 7) is 1.68. The number of carbonyl (C=O) groups is 2. The average Bonchev–Trinajstić information content (AvgIpc) is 3.16. The summed E-state index contributed by atoms with van der Waals surface area (Å²) in [5.41, 5.74) is 0.878. The van der Waals surface area contributed by atoms with Crippen molar-refractivity contribution in [2.24, 2.45) is 0 Å². The van der Waals surface area contributed by atoms with E-state index >= 15 is 0 Å². The molecule has 1 amide bonds. The first-order chi connectivity index (χ1) is 11.7. The van der Waals surface area contributed by atoms with Crippen LogP contribution in [0.2, 0.25) is 0 Å². The minimum absolute atomic E-state index is 0.0466. The SMILES string of the molecule is O=C(/C=C/c1ccc(OC(=O)n2ccnc2)cc1)N1CCCCC1. The largest absolute Gasteiger partial charge is 0.424 e. The average molecular weight is 325 g/mol. The van der Waals surface area contributed by atoms with Gasteiger partial charge in [-0.15, -0.1) is 0 Å². The monoisotopic (exact) mass is 325 g/mol. The second kappa shape index (κ2) is 7.59. The number of likely N-dealkylation sites (tertiary alicyclic amines) is 1. The smallest absolute Gasteiger partial charge is 0.410 e. The second-order valence-electron chi connectivity index (χ2n) is 5.63. The van der Waals surface area contributed by atoms with Gasteiger partial charge in [0.2, 0.25) is 5.91 Å². The Morgan fingerprint density at radius 3 is 2.50 bits per heavy atom. The Bertz CT molecular complexity index is 714. The molecule has 0 bridgehead atoms. The van der Waals surface area contributed by atoms with Crippen molar-refractivity contribution in [1.29, 1.82) is 0 Å². The van der Waals surface area contributed by atoms with E-state index in [0.29, 0.717) is 5.75 Å². The number of piperidine rings is 1. The van der Waals surface area contributed by atoms with Gasteiger partial charge in [-0.3, -0.25) is 4.79 Å². The summed E-state index contributed by atoms with van der Waals surface area (Å²) in [5.74, 6) is 0.485. The summed E-state index contributed by atoms with van der Waals surface area (Å²) in [7, 11) is 0. The number of nitrogens with zero attached hydrogens (tertiary/aromatic N) is 3. The van der Waals surface area contributed by atoms with Crippen LogP contribution in [0.1, 0.15) is 24.8 Å². The van der Waals surface area contributed by atoms with Gasteiger partial charge in [-0.05, 0) is 43.0 Å². The molecule has 2 aromatic rings. The molecule has 1 aromatic heterocycles. The third-order valence-corrected chi connectivity index (χ3v) is 3.89. The van der Waals surface area contributed by atoms with Gasteiger partial charge < -0.3 is 9.64 Å². The zero-order chi connectivity index (χ0) is 16.8. The van der Waals surface area contributed by atoms with Crippen molar-refractivity contribution in [2.45, 2.75) is 19.3 Å². The molecule has 1 aliphatic heterocycles. The maximum Gasteiger partial charge on any atom is 0.424 e. The van der Waals surface area contributed by atoms with Crippen LogP contribution in [-0.4, -0.2) is 39.5 Å². The molecule has 1 fully saturated rings. The molecule has 0 spiro atoms. The molecular weight excluding hydrogens is 306 g/mol. The summed E-state index contributed by atoms with van der Waals surface area (Å²) in [6, 6.07) is 6.99. The van der Waals surface area contributed by atoms with Crippen molar-refractivity contribution in [3.05, 3.63) is 54.6 Å². The van der Waals surface area contributed by atoms with E-state index in [1.54, 1.807) is 36.4 Å². The van der Waals surface area contributed by atoms with Gasteiger partial charge in [0.1, 0.15) is 12.1 Å². The Hall–Kier alpha value is -2.89. The van der Waals surface area contributed by atoms with Crippen LogP contribution in [0.3, 0.4) is 0 Å². The van der Waals surface area contributed by atoms with E-state index in [9.17, 15) is 9.59 Å². The maximum atomic E-state index is 12.1. The number of aromatic nitrogens is 2. The van der Waals surface area contributed by atoms with Crippen molar-refractivity contribution in [3.8, 4) is 5.75 Å². The normalized spacial score (nSPS) is 14.8. The molecule has 0 atom stereocenters. The van der Waals surface area contributed by atoms with Crippen molar-refractivity contribution < 1.29 is 14.3 Å². The van der Waals surface area contributed by atoms with Crippen LogP contribution < -0.4 is 4.74 Å². The minimum Gasteiger partial charge on any atom is -0.410 e. The zero-order valence-electron chi connectivity index (χ0n) is 13.3. The van der Waals surface area contributed by atoms with Gasteiger partial charge in [0.15, 0.2) is 0 Å². The van der Waals surface area contributed by atoms with Crippen LogP contribution in [0.5, 0.6) is 5.75 Å². The van der Waals surface area contributed by atoms with Gasteiger partial charge in [0, 0.05) is 31.6 Å². The van der Waals surface area contributed by atoms with E-state index in [0.717, 1.165) is 31.5 Å². The van der Waals surface area contributed by atoms with Crippen molar-refractivity contribution in [2.75, 3.05) is 13.1 Å². The highest BCUT2D eigenvalue weighted by atomic mass is 16.6. The van der Waals surface area contributed by atoms with Crippen LogP contribution in [0.25, 0.3) is 6.08 Å². The van der Waals surface area contributed by atoms with Gasteiger partial charge in [-0.1, -0.05) is 12.1 Å². The Labute approximate surface area is 140 Å². The third kappa shape index (κ3) is 4.10. The number of amides is 1. The summed E-state index contributed by atoms with van der Waals surface area (Å²) < 4.78 is 6.47. The van der Waals surface area contributed by atoms with Crippen molar-refractivity contribution in [3.63, 3.8) is 0 Å². The molecule has 1 saturated heterocycles. The first-order valence-electron chi connectivity index (χ1n) is 7.99. The fourth-order valence-electron chi connectivity index (χ4n) is 2.55. The number of rotatable bonds is 3. The van der Waals surface area contributed by atoms with Crippen LogP contribution >= 0.6 is 0 Å². The molecule has 124 valence electrons. The van der Waals surface area contributed by atoms with Gasteiger partial charge in [-0.25, -0.2) is 14.3 Å². The van der Waals surface area contributed by atoms with Crippen LogP contribution in [0, 0.1) is 0 Å². The van der Waals surface area contributed by atoms with Crippen LogP contribution in [0.4, 0.5) is 4.79 Å². The molecule has 6 nitrogen and oxygen atoms in total. The predicted octanol–water partition coefficient (Wildman–Crippen LogP) is 2.96. The highest BCUT2D eigenvalue weighted by Crippen LogP contribution is 2.15. The Kier molecular flexibility index (Phi) is 5.05. The summed E-state index contributed by atoms with van der Waals surface area (Å²) >= 11 is 0. The molecule has 1 aliphatic rings. The minimum atomic E-state index is -0.518. The highest BCUT2D eigenvalue weighted by molar-refractivity contribution is 5.91. The Morgan fingerprint density at radius 1 is 1.08 bits per heavy atom. The number of benzene rings is 1. The Morgan fingerprint density at radius 2 is 1.83 bits per heavy atom. The van der Waals surface area contributed by atoms with E-state index in [4.69, 9.17) is 4.74 Å². The van der Waals surface area contributed by atoms with Crippen molar-refractivity contribution in [1.82, 2.24) is 14.5 Å². The third-order valence-electron chi connectivity index (χ3n) is 3.89. The molecule has 0 N–H and O–H groups in total. The molecule has 6 heteroatoms. The fraction of sp³-hybridized carbons (Fsp3) is 0.278. The topological polar surface area (TPSA) is 64.4 Å². The maximum absolute atomic E-state index is 12.1. The van der Waals surface area contributed by atoms with E-state index in [-0.39, 0.29) is 5.91 Å². The molecule has 24 heavy (non-hydrogen) atoms. The number of hydrogen-bond acceptors (Lipinski definition) is 4. The molecule has 1 aromatic carbocycles. The molecule has 0 saturated carbocycles. The van der Waals surface area contributed by atoms with Gasteiger partial charge in [0.05, 0.1) is 0 Å². The van der Waals surface area contributed by atoms with Crippen LogP contribution in [-0.2, 0) is 4.79 Å². The lowest BCUT2D eigenvalue weighted by atomic mass is 10.1. The van der Waals surface area contributed by atoms with Crippen LogP contribution in [0.15, 0.2) is 49.1 Å². The van der Waals surface area contributed by atoms with Gasteiger partial charge in [0.25, 0.3) is 0 Å². The van der Waals surface area contributed by atoms with E-state index in [2.05, 4.69) is 4.98 Å². The standard InChI is InChI=1S/C18H19N3O3/c22-17(20-11-2-1-3-12-20)9-6-15-4-7-16(8-5-15)24-18(23)21-13-10-19-14-21/h4-10,13-14H,1-3,11-12H2/b9-6+. The number of ether oxygens (including phenoxy) is 1. The summed E-state index contributed by atoms with van der Waals surface area (Å²) in [6.07, 6.45) is 10.6. The van der Waals surface area contributed by atoms with Gasteiger partial charge >= 0.3 is 6.09 Å². The molecule has 0 unspecified atom stereocenters. The van der Waals surface area contributed by atoms with Gasteiger partial charge in [-0.2, -0.15) is 0 Å².